The van der Waals surface area contributed by atoms with Gasteiger partial charge in [-0.15, -0.1) is 0 Å². The van der Waals surface area contributed by atoms with Crippen molar-refractivity contribution in [2.24, 2.45) is 0 Å². The first-order chi connectivity index (χ1) is 11.6. The standard InChI is InChI=1S/C18H19FN2O3/c1-24-18-9-8-16(21(22)23)10-14(18)12-20(15-6-7-15)11-13-4-2-3-5-17(13)19/h2-5,8-10,15H,6-7,11-12H2,1H3. The highest BCUT2D eigenvalue weighted by Crippen LogP contribution is 2.33. The molecule has 6 heteroatoms. The van der Waals surface area contributed by atoms with Gasteiger partial charge < -0.3 is 4.74 Å². The van der Waals surface area contributed by atoms with Crippen LogP contribution in [0.15, 0.2) is 42.5 Å². The van der Waals surface area contributed by atoms with E-state index < -0.39 is 4.92 Å². The zero-order valence-corrected chi connectivity index (χ0v) is 13.4. The molecule has 0 amide bonds. The van der Waals surface area contributed by atoms with E-state index >= 15 is 0 Å². The molecule has 1 aliphatic carbocycles. The summed E-state index contributed by atoms with van der Waals surface area (Å²) in [6, 6.07) is 11.7. The lowest BCUT2D eigenvalue weighted by Crippen LogP contribution is -2.25. The lowest BCUT2D eigenvalue weighted by Gasteiger charge is -2.23. The van der Waals surface area contributed by atoms with Crippen LogP contribution in [-0.4, -0.2) is 23.0 Å². The van der Waals surface area contributed by atoms with E-state index in [1.807, 2.05) is 6.07 Å². The molecule has 0 radical (unpaired) electrons. The molecular formula is C18H19FN2O3. The average molecular weight is 330 g/mol. The summed E-state index contributed by atoms with van der Waals surface area (Å²) in [6.07, 6.45) is 2.12. The van der Waals surface area contributed by atoms with Gasteiger partial charge in [0.1, 0.15) is 11.6 Å². The molecule has 1 fully saturated rings. The molecule has 0 heterocycles. The zero-order valence-electron chi connectivity index (χ0n) is 13.4. The van der Waals surface area contributed by atoms with Crippen LogP contribution >= 0.6 is 0 Å². The van der Waals surface area contributed by atoms with Crippen molar-refractivity contribution in [2.45, 2.75) is 32.0 Å². The molecule has 24 heavy (non-hydrogen) atoms. The molecule has 0 unspecified atom stereocenters. The van der Waals surface area contributed by atoms with Gasteiger partial charge in [-0.25, -0.2) is 4.39 Å². The quantitative estimate of drug-likeness (QED) is 0.570. The maximum Gasteiger partial charge on any atom is 0.270 e. The Hall–Kier alpha value is -2.47. The molecule has 0 N–H and O–H groups in total. The largest absolute Gasteiger partial charge is 0.496 e. The maximum absolute atomic E-state index is 13.9. The van der Waals surface area contributed by atoms with Gasteiger partial charge in [-0.05, 0) is 25.0 Å². The highest BCUT2D eigenvalue weighted by molar-refractivity contribution is 5.44. The summed E-state index contributed by atoms with van der Waals surface area (Å²) in [4.78, 5) is 12.8. The van der Waals surface area contributed by atoms with Crippen molar-refractivity contribution < 1.29 is 14.1 Å². The molecule has 0 aliphatic heterocycles. The topological polar surface area (TPSA) is 55.6 Å². The van der Waals surface area contributed by atoms with Gasteiger partial charge in [-0.1, -0.05) is 18.2 Å². The van der Waals surface area contributed by atoms with Gasteiger partial charge >= 0.3 is 0 Å². The second kappa shape index (κ2) is 6.97. The third-order valence-electron chi connectivity index (χ3n) is 4.24. The lowest BCUT2D eigenvalue weighted by molar-refractivity contribution is -0.385. The van der Waals surface area contributed by atoms with Gasteiger partial charge in [0.15, 0.2) is 0 Å². The Kier molecular flexibility index (Phi) is 4.76. The molecule has 0 saturated heterocycles. The molecular weight excluding hydrogens is 311 g/mol. The molecule has 0 bridgehead atoms. The Labute approximate surface area is 139 Å². The molecule has 0 spiro atoms. The number of nitro groups is 1. The average Bonchev–Trinajstić information content (AvgIpc) is 3.41. The molecule has 2 aromatic carbocycles. The van der Waals surface area contributed by atoms with E-state index in [0.717, 1.165) is 18.4 Å². The number of non-ortho nitro benzene ring substituents is 1. The summed E-state index contributed by atoms with van der Waals surface area (Å²) in [6.45, 7) is 0.965. The monoisotopic (exact) mass is 330 g/mol. The Morgan fingerprint density at radius 3 is 2.54 bits per heavy atom. The predicted molar refractivity (Wildman–Crippen MR) is 88.3 cm³/mol. The van der Waals surface area contributed by atoms with Crippen LogP contribution in [-0.2, 0) is 13.1 Å². The van der Waals surface area contributed by atoms with Crippen LogP contribution in [0.3, 0.4) is 0 Å². The van der Waals surface area contributed by atoms with Crippen molar-refractivity contribution >= 4 is 5.69 Å². The number of rotatable bonds is 7. The number of hydrogen-bond acceptors (Lipinski definition) is 4. The van der Waals surface area contributed by atoms with E-state index in [4.69, 9.17) is 4.74 Å². The minimum atomic E-state index is -0.415. The van der Waals surface area contributed by atoms with E-state index in [9.17, 15) is 14.5 Å². The zero-order chi connectivity index (χ0) is 17.1. The highest BCUT2D eigenvalue weighted by Gasteiger charge is 2.30. The van der Waals surface area contributed by atoms with Crippen molar-refractivity contribution in [3.63, 3.8) is 0 Å². The number of ether oxygens (including phenoxy) is 1. The minimum absolute atomic E-state index is 0.0347. The van der Waals surface area contributed by atoms with E-state index in [-0.39, 0.29) is 11.5 Å². The summed E-state index contributed by atoms with van der Waals surface area (Å²) < 4.78 is 19.3. The Balaban J connectivity index is 1.85. The molecule has 0 aromatic heterocycles. The summed E-state index contributed by atoms with van der Waals surface area (Å²) in [5, 5.41) is 11.0. The third kappa shape index (κ3) is 3.71. The van der Waals surface area contributed by atoms with Crippen LogP contribution < -0.4 is 4.74 Å². The second-order valence-corrected chi connectivity index (χ2v) is 5.98. The van der Waals surface area contributed by atoms with Crippen LogP contribution in [0.2, 0.25) is 0 Å². The molecule has 1 saturated carbocycles. The fourth-order valence-electron chi connectivity index (χ4n) is 2.82. The first-order valence-corrected chi connectivity index (χ1v) is 7.87. The minimum Gasteiger partial charge on any atom is -0.496 e. The number of methoxy groups -OCH3 is 1. The van der Waals surface area contributed by atoms with E-state index in [0.29, 0.717) is 30.4 Å². The van der Waals surface area contributed by atoms with Crippen molar-refractivity contribution in [3.8, 4) is 5.75 Å². The summed E-state index contributed by atoms with van der Waals surface area (Å²) in [5.74, 6) is 0.383. The summed E-state index contributed by atoms with van der Waals surface area (Å²) >= 11 is 0. The van der Waals surface area contributed by atoms with E-state index in [2.05, 4.69) is 4.90 Å². The van der Waals surface area contributed by atoms with Crippen LogP contribution in [0.4, 0.5) is 10.1 Å². The van der Waals surface area contributed by atoms with Gasteiger partial charge in [0.2, 0.25) is 0 Å². The number of halogens is 1. The first-order valence-electron chi connectivity index (χ1n) is 7.87. The predicted octanol–water partition coefficient (Wildman–Crippen LogP) is 3.91. The van der Waals surface area contributed by atoms with Crippen molar-refractivity contribution in [1.29, 1.82) is 0 Å². The maximum atomic E-state index is 13.9. The first kappa shape index (κ1) is 16.4. The summed E-state index contributed by atoms with van der Waals surface area (Å²) in [7, 11) is 1.54. The smallest absolute Gasteiger partial charge is 0.270 e. The third-order valence-corrected chi connectivity index (χ3v) is 4.24. The SMILES string of the molecule is COc1ccc([N+](=O)[O-])cc1CN(Cc1ccccc1F)C1CC1. The number of benzene rings is 2. The molecule has 5 nitrogen and oxygen atoms in total. The molecule has 1 aliphatic rings. The number of hydrogen-bond donors (Lipinski definition) is 0. The van der Waals surface area contributed by atoms with Gasteiger partial charge in [-0.2, -0.15) is 0 Å². The Morgan fingerprint density at radius 1 is 1.21 bits per heavy atom. The Bertz CT molecular complexity index is 747. The van der Waals surface area contributed by atoms with Crippen molar-refractivity contribution in [2.75, 3.05) is 7.11 Å². The van der Waals surface area contributed by atoms with Crippen LogP contribution in [0, 0.1) is 15.9 Å². The molecule has 126 valence electrons. The van der Waals surface area contributed by atoms with Gasteiger partial charge in [0.25, 0.3) is 5.69 Å². The van der Waals surface area contributed by atoms with Crippen LogP contribution in [0.25, 0.3) is 0 Å². The van der Waals surface area contributed by atoms with Gasteiger partial charge in [0, 0.05) is 42.4 Å². The lowest BCUT2D eigenvalue weighted by atomic mass is 10.1. The highest BCUT2D eigenvalue weighted by atomic mass is 19.1. The number of nitrogens with zero attached hydrogens (tertiary/aromatic N) is 2. The summed E-state index contributed by atoms with van der Waals surface area (Å²) in [5.41, 5.74) is 1.41. The van der Waals surface area contributed by atoms with Crippen LogP contribution in [0.5, 0.6) is 5.75 Å². The molecule has 2 aromatic rings. The fourth-order valence-corrected chi connectivity index (χ4v) is 2.82. The Morgan fingerprint density at radius 2 is 1.92 bits per heavy atom. The number of nitro benzene ring substituents is 1. The van der Waals surface area contributed by atoms with E-state index in [1.165, 1.54) is 18.2 Å². The van der Waals surface area contributed by atoms with Crippen molar-refractivity contribution in [3.05, 3.63) is 69.5 Å². The van der Waals surface area contributed by atoms with Gasteiger partial charge in [0.05, 0.1) is 12.0 Å². The van der Waals surface area contributed by atoms with Crippen LogP contribution in [0.1, 0.15) is 24.0 Å². The second-order valence-electron chi connectivity index (χ2n) is 5.98. The normalized spacial score (nSPS) is 14.0. The molecule has 3 rings (SSSR count). The molecule has 0 atom stereocenters. The van der Waals surface area contributed by atoms with Crippen molar-refractivity contribution in [1.82, 2.24) is 4.90 Å². The van der Waals surface area contributed by atoms with Gasteiger partial charge in [-0.3, -0.25) is 15.0 Å². The van der Waals surface area contributed by atoms with E-state index in [1.54, 1.807) is 25.3 Å². The fraction of sp³-hybridized carbons (Fsp3) is 0.333.